The van der Waals surface area contributed by atoms with E-state index in [1.165, 1.54) is 6.07 Å². The van der Waals surface area contributed by atoms with Crippen LogP contribution >= 0.6 is 31.9 Å². The smallest absolute Gasteiger partial charge is 0.414 e. The lowest BCUT2D eigenvalue weighted by Crippen LogP contribution is -2.36. The molecule has 0 bridgehead atoms. The van der Waals surface area contributed by atoms with Crippen molar-refractivity contribution in [3.05, 3.63) is 85.7 Å². The van der Waals surface area contributed by atoms with E-state index in [9.17, 15) is 19.6 Å². The van der Waals surface area contributed by atoms with E-state index < -0.39 is 17.7 Å². The number of nitrogens with one attached hydrogen (secondary N) is 2. The van der Waals surface area contributed by atoms with Gasteiger partial charge in [0.05, 0.1) is 34.0 Å². The third kappa shape index (κ3) is 7.27. The van der Waals surface area contributed by atoms with Crippen molar-refractivity contribution in [2.45, 2.75) is 13.5 Å². The topological polar surface area (TPSA) is 135 Å². The molecule has 0 saturated carbocycles. The Hall–Kier alpha value is -3.95. The van der Waals surface area contributed by atoms with Gasteiger partial charge in [-0.05, 0) is 62.5 Å². The number of aromatic nitrogens is 1. The monoisotopic (exact) mass is 615 g/mol. The van der Waals surface area contributed by atoms with Gasteiger partial charge in [0.25, 0.3) is 11.5 Å². The number of hydrazone groups is 1. The summed E-state index contributed by atoms with van der Waals surface area (Å²) in [6.45, 7) is 2.04. The Kier molecular flexibility index (Phi) is 9.38. The Bertz CT molecular complexity index is 1380. The van der Waals surface area contributed by atoms with Crippen molar-refractivity contribution in [3.63, 3.8) is 0 Å². The SMILES string of the molecule is CCOC(=O)NC(=O)C(C#N)=NNc1cc(Br)c(Oc2ccc(=O)n(Cc3ccccc3)c2)c(Br)c1. The second kappa shape index (κ2) is 12.7. The third-order valence-corrected chi connectivity index (χ3v) is 5.66. The van der Waals surface area contributed by atoms with E-state index in [2.05, 4.69) is 47.1 Å². The highest BCUT2D eigenvalue weighted by Crippen LogP contribution is 2.39. The van der Waals surface area contributed by atoms with Gasteiger partial charge < -0.3 is 14.0 Å². The lowest BCUT2D eigenvalue weighted by molar-refractivity contribution is -0.114. The number of nitriles is 1. The summed E-state index contributed by atoms with van der Waals surface area (Å²) in [5.74, 6) is -0.143. The molecule has 0 radical (unpaired) electrons. The normalized spacial score (nSPS) is 10.8. The van der Waals surface area contributed by atoms with Crippen LogP contribution in [0.15, 0.2) is 79.6 Å². The van der Waals surface area contributed by atoms with Gasteiger partial charge in [0.2, 0.25) is 5.71 Å². The fraction of sp³-hybridized carbons (Fsp3) is 0.125. The van der Waals surface area contributed by atoms with Gasteiger partial charge in [-0.2, -0.15) is 10.4 Å². The number of benzene rings is 2. The quantitative estimate of drug-likeness (QED) is 0.275. The number of alkyl carbamates (subject to hydrolysis) is 1. The molecule has 2 amide bonds. The third-order valence-electron chi connectivity index (χ3n) is 4.48. The maximum Gasteiger partial charge on any atom is 0.414 e. The highest BCUT2D eigenvalue weighted by atomic mass is 79.9. The molecule has 1 heterocycles. The molecule has 2 N–H and O–H groups in total. The number of nitrogens with zero attached hydrogens (tertiary/aromatic N) is 3. The number of rotatable bonds is 8. The van der Waals surface area contributed by atoms with Crippen molar-refractivity contribution in [2.75, 3.05) is 12.0 Å². The van der Waals surface area contributed by atoms with Gasteiger partial charge in [-0.1, -0.05) is 30.3 Å². The number of carbonyl (C=O) groups is 2. The molecule has 0 aliphatic rings. The van der Waals surface area contributed by atoms with Crippen LogP contribution in [-0.4, -0.2) is 28.9 Å². The Morgan fingerprint density at radius 1 is 1.11 bits per heavy atom. The minimum atomic E-state index is -1.01. The van der Waals surface area contributed by atoms with E-state index in [-0.39, 0.29) is 12.2 Å². The van der Waals surface area contributed by atoms with Gasteiger partial charge in [-0.25, -0.2) is 4.79 Å². The average molecular weight is 617 g/mol. The standard InChI is InChI=1S/C24H19Br2N5O5/c1-2-35-24(34)28-23(33)20(12-27)30-29-16-10-18(25)22(19(26)11-16)36-17-8-9-21(32)31(14-17)13-15-6-4-3-5-7-15/h3-11,14,29H,2,13H2,1H3,(H,28,33,34). The molecule has 3 rings (SSSR count). The molecular formula is C24H19Br2N5O5. The first-order chi connectivity index (χ1) is 17.3. The van der Waals surface area contributed by atoms with Crippen LogP contribution in [0.5, 0.6) is 11.5 Å². The van der Waals surface area contributed by atoms with Crippen LogP contribution in [-0.2, 0) is 16.1 Å². The molecule has 0 fully saturated rings. The summed E-state index contributed by atoms with van der Waals surface area (Å²) in [7, 11) is 0. The molecule has 0 saturated heterocycles. The molecule has 0 aliphatic heterocycles. The molecule has 2 aromatic carbocycles. The summed E-state index contributed by atoms with van der Waals surface area (Å²) >= 11 is 6.86. The zero-order valence-corrected chi connectivity index (χ0v) is 22.0. The first-order valence-corrected chi connectivity index (χ1v) is 12.0. The van der Waals surface area contributed by atoms with Gasteiger partial charge in [0.1, 0.15) is 11.8 Å². The lowest BCUT2D eigenvalue weighted by atomic mass is 10.2. The number of imide groups is 1. The Labute approximate surface area is 222 Å². The minimum Gasteiger partial charge on any atom is -0.453 e. The van der Waals surface area contributed by atoms with Crippen LogP contribution in [0.3, 0.4) is 0 Å². The van der Waals surface area contributed by atoms with Crippen molar-refractivity contribution in [2.24, 2.45) is 5.10 Å². The van der Waals surface area contributed by atoms with Crippen LogP contribution < -0.4 is 21.0 Å². The van der Waals surface area contributed by atoms with Crippen LogP contribution in [0, 0.1) is 11.3 Å². The zero-order chi connectivity index (χ0) is 26.1. The predicted molar refractivity (Wildman–Crippen MR) is 140 cm³/mol. The molecule has 1 aromatic heterocycles. The Morgan fingerprint density at radius 2 is 1.81 bits per heavy atom. The Morgan fingerprint density at radius 3 is 2.44 bits per heavy atom. The summed E-state index contributed by atoms with van der Waals surface area (Å²) in [5, 5.41) is 14.8. The number of halogens is 2. The molecule has 12 heteroatoms. The second-order valence-electron chi connectivity index (χ2n) is 7.05. The van der Waals surface area contributed by atoms with E-state index in [0.717, 1.165) is 5.56 Å². The number of anilines is 1. The molecule has 3 aromatic rings. The van der Waals surface area contributed by atoms with Crippen molar-refractivity contribution in [1.29, 1.82) is 5.26 Å². The van der Waals surface area contributed by atoms with Crippen LogP contribution in [0.2, 0.25) is 0 Å². The van der Waals surface area contributed by atoms with Gasteiger partial charge in [-0.15, -0.1) is 0 Å². The molecule has 0 spiro atoms. The number of carbonyl (C=O) groups excluding carboxylic acids is 2. The van der Waals surface area contributed by atoms with E-state index in [4.69, 9.17) is 4.74 Å². The van der Waals surface area contributed by atoms with E-state index in [1.54, 1.807) is 42.0 Å². The van der Waals surface area contributed by atoms with Crippen LogP contribution in [0.4, 0.5) is 10.5 Å². The first-order valence-electron chi connectivity index (χ1n) is 10.4. The summed E-state index contributed by atoms with van der Waals surface area (Å²) in [6, 6.07) is 17.4. The van der Waals surface area contributed by atoms with Gasteiger partial charge in [0.15, 0.2) is 5.75 Å². The molecule has 0 unspecified atom stereocenters. The van der Waals surface area contributed by atoms with Crippen molar-refractivity contribution < 1.29 is 19.1 Å². The van der Waals surface area contributed by atoms with Crippen LogP contribution in [0.25, 0.3) is 0 Å². The van der Waals surface area contributed by atoms with Crippen molar-refractivity contribution in [3.8, 4) is 17.6 Å². The number of hydrogen-bond donors (Lipinski definition) is 2. The van der Waals surface area contributed by atoms with Gasteiger partial charge >= 0.3 is 6.09 Å². The molecule has 36 heavy (non-hydrogen) atoms. The summed E-state index contributed by atoms with van der Waals surface area (Å²) in [5.41, 5.74) is 3.24. The fourth-order valence-electron chi connectivity index (χ4n) is 2.88. The summed E-state index contributed by atoms with van der Waals surface area (Å²) < 4.78 is 13.2. The van der Waals surface area contributed by atoms with E-state index in [1.807, 2.05) is 35.6 Å². The van der Waals surface area contributed by atoms with Gasteiger partial charge in [0, 0.05) is 6.07 Å². The predicted octanol–water partition coefficient (Wildman–Crippen LogP) is 4.78. The zero-order valence-electron chi connectivity index (χ0n) is 18.8. The largest absolute Gasteiger partial charge is 0.453 e. The van der Waals surface area contributed by atoms with Crippen molar-refractivity contribution in [1.82, 2.24) is 9.88 Å². The molecule has 10 nitrogen and oxygen atoms in total. The van der Waals surface area contributed by atoms with Gasteiger partial charge in [-0.3, -0.25) is 20.3 Å². The highest BCUT2D eigenvalue weighted by molar-refractivity contribution is 9.11. The first kappa shape index (κ1) is 26.7. The molecule has 0 atom stereocenters. The lowest BCUT2D eigenvalue weighted by Gasteiger charge is -2.13. The highest BCUT2D eigenvalue weighted by Gasteiger charge is 2.16. The molecule has 184 valence electrons. The Balaban J connectivity index is 1.75. The second-order valence-corrected chi connectivity index (χ2v) is 8.75. The van der Waals surface area contributed by atoms with E-state index in [0.29, 0.717) is 32.7 Å². The number of pyridine rings is 1. The van der Waals surface area contributed by atoms with Crippen molar-refractivity contribution >= 4 is 55.3 Å². The van der Waals surface area contributed by atoms with Crippen LogP contribution in [0.1, 0.15) is 12.5 Å². The maximum absolute atomic E-state index is 12.3. The number of ether oxygens (including phenoxy) is 2. The number of amides is 2. The fourth-order valence-corrected chi connectivity index (χ4v) is 4.23. The number of hydrogen-bond acceptors (Lipinski definition) is 8. The van der Waals surface area contributed by atoms with E-state index >= 15 is 0 Å². The average Bonchev–Trinajstić information content (AvgIpc) is 2.84. The summed E-state index contributed by atoms with van der Waals surface area (Å²) in [4.78, 5) is 35.6. The summed E-state index contributed by atoms with van der Waals surface area (Å²) in [6.07, 6.45) is 0.638. The minimum absolute atomic E-state index is 0.0704. The maximum atomic E-state index is 12.3. The molecule has 0 aliphatic carbocycles. The molecular weight excluding hydrogens is 598 g/mol.